The van der Waals surface area contributed by atoms with Crippen molar-refractivity contribution in [2.24, 2.45) is 0 Å². The predicted molar refractivity (Wildman–Crippen MR) is 101 cm³/mol. The van der Waals surface area contributed by atoms with Gasteiger partial charge in [0.15, 0.2) is 0 Å². The first-order valence-corrected chi connectivity index (χ1v) is 9.84. The van der Waals surface area contributed by atoms with Crippen molar-refractivity contribution in [2.75, 3.05) is 5.32 Å². The molecule has 0 aliphatic heterocycles. The van der Waals surface area contributed by atoms with E-state index >= 15 is 0 Å². The zero-order chi connectivity index (χ0) is 18.6. The van der Waals surface area contributed by atoms with Crippen LogP contribution in [0, 0.1) is 0 Å². The number of amides is 1. The molecule has 0 aliphatic rings. The number of nitrogens with one attached hydrogen (secondary N) is 2. The highest BCUT2D eigenvalue weighted by atomic mass is 35.5. The summed E-state index contributed by atoms with van der Waals surface area (Å²) in [5.41, 5.74) is 1.62. The minimum absolute atomic E-state index is 0.0286. The molecule has 8 heteroatoms. The molecule has 0 fully saturated rings. The Morgan fingerprint density at radius 3 is 2.52 bits per heavy atom. The summed E-state index contributed by atoms with van der Waals surface area (Å²) in [5, 5.41) is 3.00. The maximum absolute atomic E-state index is 12.5. The van der Waals surface area contributed by atoms with Crippen molar-refractivity contribution in [1.29, 1.82) is 0 Å². The molecule has 2 aromatic rings. The second-order valence-corrected chi connectivity index (χ2v) is 7.94. The molecule has 0 saturated carbocycles. The van der Waals surface area contributed by atoms with Crippen LogP contribution in [0.25, 0.3) is 0 Å². The Morgan fingerprint density at radius 2 is 1.84 bits per heavy atom. The number of benzene rings is 2. The van der Waals surface area contributed by atoms with E-state index in [9.17, 15) is 13.2 Å². The van der Waals surface area contributed by atoms with Crippen molar-refractivity contribution in [3.8, 4) is 0 Å². The second kappa shape index (κ2) is 8.19. The van der Waals surface area contributed by atoms with Crippen LogP contribution in [0.5, 0.6) is 0 Å². The number of hydrogen-bond acceptors (Lipinski definition) is 3. The van der Waals surface area contributed by atoms with Gasteiger partial charge in [-0.05, 0) is 43.2 Å². The van der Waals surface area contributed by atoms with Crippen LogP contribution in [0.4, 0.5) is 5.69 Å². The topological polar surface area (TPSA) is 75.3 Å². The molecular formula is C17H18Cl2N2O3S. The van der Waals surface area contributed by atoms with E-state index in [1.54, 1.807) is 12.1 Å². The molecule has 2 N–H and O–H groups in total. The molecule has 1 unspecified atom stereocenters. The van der Waals surface area contributed by atoms with Gasteiger partial charge in [-0.3, -0.25) is 4.79 Å². The molecule has 2 aromatic carbocycles. The highest BCUT2D eigenvalue weighted by Crippen LogP contribution is 2.25. The Labute approximate surface area is 157 Å². The lowest BCUT2D eigenvalue weighted by molar-refractivity contribution is -0.117. The number of halogens is 2. The fourth-order valence-corrected chi connectivity index (χ4v) is 4.19. The fraction of sp³-hybridized carbons (Fsp3) is 0.235. The second-order valence-electron chi connectivity index (χ2n) is 5.42. The van der Waals surface area contributed by atoms with Gasteiger partial charge >= 0.3 is 0 Å². The van der Waals surface area contributed by atoms with E-state index in [-0.39, 0.29) is 14.9 Å². The van der Waals surface area contributed by atoms with Gasteiger partial charge in [0.05, 0.1) is 11.1 Å². The molecule has 1 amide bonds. The van der Waals surface area contributed by atoms with Crippen molar-refractivity contribution in [1.82, 2.24) is 4.72 Å². The van der Waals surface area contributed by atoms with Crippen LogP contribution in [0.3, 0.4) is 0 Å². The van der Waals surface area contributed by atoms with Gasteiger partial charge in [-0.1, -0.05) is 48.3 Å². The van der Waals surface area contributed by atoms with E-state index in [1.807, 2.05) is 19.1 Å². The number of carbonyl (C=O) groups excluding carboxylic acids is 1. The summed E-state index contributed by atoms with van der Waals surface area (Å²) < 4.78 is 27.2. The molecule has 25 heavy (non-hydrogen) atoms. The maximum atomic E-state index is 12.5. The normalized spacial score (nSPS) is 12.6. The first-order valence-electron chi connectivity index (χ1n) is 7.60. The molecule has 0 bridgehead atoms. The summed E-state index contributed by atoms with van der Waals surface area (Å²) >= 11 is 11.8. The van der Waals surface area contributed by atoms with Gasteiger partial charge < -0.3 is 5.32 Å². The first kappa shape index (κ1) is 19.7. The van der Waals surface area contributed by atoms with Gasteiger partial charge in [-0.2, -0.15) is 4.72 Å². The van der Waals surface area contributed by atoms with E-state index in [4.69, 9.17) is 23.2 Å². The molecule has 0 radical (unpaired) electrons. The fourth-order valence-electron chi connectivity index (χ4n) is 2.22. The maximum Gasteiger partial charge on any atom is 0.242 e. The molecular weight excluding hydrogens is 383 g/mol. The smallest absolute Gasteiger partial charge is 0.242 e. The zero-order valence-electron chi connectivity index (χ0n) is 13.7. The molecule has 0 spiro atoms. The van der Waals surface area contributed by atoms with Gasteiger partial charge in [0.1, 0.15) is 4.90 Å². The largest absolute Gasteiger partial charge is 0.324 e. The van der Waals surface area contributed by atoms with Gasteiger partial charge in [-0.15, -0.1) is 0 Å². The molecule has 0 aromatic heterocycles. The molecule has 0 aliphatic carbocycles. The van der Waals surface area contributed by atoms with Crippen LogP contribution in [-0.4, -0.2) is 20.4 Å². The number of anilines is 1. The third kappa shape index (κ3) is 4.95. The van der Waals surface area contributed by atoms with Crippen LogP contribution < -0.4 is 10.0 Å². The third-order valence-corrected chi connectivity index (χ3v) is 5.82. The van der Waals surface area contributed by atoms with Crippen molar-refractivity contribution >= 4 is 44.8 Å². The van der Waals surface area contributed by atoms with Crippen LogP contribution in [0.1, 0.15) is 19.4 Å². The highest BCUT2D eigenvalue weighted by molar-refractivity contribution is 7.89. The predicted octanol–water partition coefficient (Wildman–Crippen LogP) is 3.86. The highest BCUT2D eigenvalue weighted by Gasteiger charge is 2.24. The van der Waals surface area contributed by atoms with Crippen LogP contribution >= 0.6 is 23.2 Å². The van der Waals surface area contributed by atoms with E-state index in [0.717, 1.165) is 12.0 Å². The molecule has 0 heterocycles. The lowest BCUT2D eigenvalue weighted by Gasteiger charge is -2.16. The van der Waals surface area contributed by atoms with Crippen molar-refractivity contribution in [2.45, 2.75) is 31.2 Å². The number of hydrogen-bond donors (Lipinski definition) is 2. The number of para-hydroxylation sites is 1. The van der Waals surface area contributed by atoms with E-state index in [2.05, 4.69) is 10.0 Å². The third-order valence-electron chi connectivity index (χ3n) is 3.56. The van der Waals surface area contributed by atoms with E-state index in [1.165, 1.54) is 25.1 Å². The van der Waals surface area contributed by atoms with Crippen LogP contribution in [0.15, 0.2) is 47.4 Å². The Bertz CT molecular complexity index is 885. The van der Waals surface area contributed by atoms with Gasteiger partial charge in [-0.25, -0.2) is 8.42 Å². The summed E-state index contributed by atoms with van der Waals surface area (Å²) in [6.45, 7) is 3.43. The van der Waals surface area contributed by atoms with E-state index in [0.29, 0.717) is 5.69 Å². The molecule has 5 nitrogen and oxygen atoms in total. The van der Waals surface area contributed by atoms with Gasteiger partial charge in [0.2, 0.25) is 15.9 Å². The lowest BCUT2D eigenvalue weighted by Crippen LogP contribution is -2.41. The summed E-state index contributed by atoms with van der Waals surface area (Å²) in [5.74, 6) is -0.470. The molecule has 2 rings (SSSR count). The van der Waals surface area contributed by atoms with Crippen molar-refractivity contribution in [3.05, 3.63) is 58.1 Å². The SMILES string of the molecule is CCc1ccccc1NC(=O)C(C)NS(=O)(=O)c1cc(Cl)ccc1Cl. The molecule has 0 saturated heterocycles. The average Bonchev–Trinajstić information content (AvgIpc) is 2.57. The standard InChI is InChI=1S/C17H18Cl2N2O3S/c1-3-12-6-4-5-7-15(12)20-17(22)11(2)21-25(23,24)16-10-13(18)8-9-14(16)19/h4-11,21H,3H2,1-2H3,(H,20,22). The van der Waals surface area contributed by atoms with E-state index < -0.39 is 22.0 Å². The zero-order valence-corrected chi connectivity index (χ0v) is 16.0. The quantitative estimate of drug-likeness (QED) is 0.772. The monoisotopic (exact) mass is 400 g/mol. The lowest BCUT2D eigenvalue weighted by atomic mass is 10.1. The summed E-state index contributed by atoms with van der Waals surface area (Å²) in [6.07, 6.45) is 0.745. The average molecular weight is 401 g/mol. The van der Waals surface area contributed by atoms with Gasteiger partial charge in [0.25, 0.3) is 0 Å². The minimum atomic E-state index is -3.99. The number of carbonyl (C=O) groups is 1. The molecule has 1 atom stereocenters. The first-order chi connectivity index (χ1) is 11.7. The van der Waals surface area contributed by atoms with Crippen molar-refractivity contribution < 1.29 is 13.2 Å². The van der Waals surface area contributed by atoms with Crippen LogP contribution in [0.2, 0.25) is 10.0 Å². The number of rotatable bonds is 6. The van der Waals surface area contributed by atoms with Gasteiger partial charge in [0, 0.05) is 10.7 Å². The Balaban J connectivity index is 2.16. The van der Waals surface area contributed by atoms with Crippen molar-refractivity contribution in [3.63, 3.8) is 0 Å². The minimum Gasteiger partial charge on any atom is -0.324 e. The Kier molecular flexibility index (Phi) is 6.46. The summed E-state index contributed by atoms with van der Waals surface area (Å²) in [7, 11) is -3.99. The Morgan fingerprint density at radius 1 is 1.16 bits per heavy atom. The number of sulfonamides is 1. The summed E-state index contributed by atoms with van der Waals surface area (Å²) in [4.78, 5) is 12.2. The summed E-state index contributed by atoms with van der Waals surface area (Å²) in [6, 6.07) is 10.5. The number of aryl methyl sites for hydroxylation is 1. The molecule has 134 valence electrons. The van der Waals surface area contributed by atoms with Crippen LogP contribution in [-0.2, 0) is 21.2 Å². The Hall–Kier alpha value is -1.60.